The van der Waals surface area contributed by atoms with Crippen molar-refractivity contribution in [3.8, 4) is 22.6 Å². The Bertz CT molecular complexity index is 1720. The third-order valence-corrected chi connectivity index (χ3v) is 10.4. The minimum Gasteiger partial charge on any atom is -0.392 e. The number of nitrogens with zero attached hydrogens (tertiary/aromatic N) is 4. The van der Waals surface area contributed by atoms with E-state index in [0.29, 0.717) is 34.4 Å². The summed E-state index contributed by atoms with van der Waals surface area (Å²) < 4.78 is 28.6. The van der Waals surface area contributed by atoms with Crippen molar-refractivity contribution < 1.29 is 13.5 Å². The maximum atomic E-state index is 13.3. The van der Waals surface area contributed by atoms with E-state index in [0.717, 1.165) is 40.3 Å². The predicted octanol–water partition coefficient (Wildman–Crippen LogP) is 5.86. The van der Waals surface area contributed by atoms with Gasteiger partial charge < -0.3 is 10.4 Å². The van der Waals surface area contributed by atoms with Crippen LogP contribution in [0, 0.1) is 0 Å². The molecule has 1 fully saturated rings. The molecule has 0 aliphatic heterocycles. The number of nitrogens with one attached hydrogen (secondary N) is 1. The number of aromatic nitrogens is 4. The van der Waals surface area contributed by atoms with E-state index in [9.17, 15) is 13.5 Å². The fourth-order valence-electron chi connectivity index (χ4n) is 5.12. The quantitative estimate of drug-likeness (QED) is 0.248. The first-order valence-electron chi connectivity index (χ1n) is 12.7. The van der Waals surface area contributed by atoms with Crippen LogP contribution < -0.4 is 5.32 Å². The number of imidazole rings is 1. The number of fused-ring (bicyclic) bond motifs is 1. The summed E-state index contributed by atoms with van der Waals surface area (Å²) in [5, 5.41) is 14.8. The molecule has 200 valence electrons. The lowest BCUT2D eigenvalue weighted by Gasteiger charge is -2.29. The van der Waals surface area contributed by atoms with Crippen LogP contribution in [0.5, 0.6) is 0 Å². The van der Waals surface area contributed by atoms with Crippen molar-refractivity contribution in [2.45, 2.75) is 48.5 Å². The summed E-state index contributed by atoms with van der Waals surface area (Å²) in [6.45, 7) is -0.0185. The van der Waals surface area contributed by atoms with E-state index >= 15 is 0 Å². The van der Waals surface area contributed by atoms with E-state index in [-0.39, 0.29) is 12.6 Å². The Labute approximate surface area is 235 Å². The van der Waals surface area contributed by atoms with Crippen LogP contribution in [-0.2, 0) is 16.4 Å². The normalized spacial score (nSPS) is 17.9. The van der Waals surface area contributed by atoms with Gasteiger partial charge in [0.1, 0.15) is 5.69 Å². The number of anilines is 1. The third kappa shape index (κ3) is 5.17. The number of hydrogen-bond acceptors (Lipinski definition) is 8. The molecule has 1 saturated carbocycles. The minimum absolute atomic E-state index is 0.0185. The summed E-state index contributed by atoms with van der Waals surface area (Å²) in [5.74, 6) is 0.453. The average molecular weight is 580 g/mol. The monoisotopic (exact) mass is 579 g/mol. The Morgan fingerprint density at radius 3 is 2.62 bits per heavy atom. The van der Waals surface area contributed by atoms with Gasteiger partial charge >= 0.3 is 0 Å². The summed E-state index contributed by atoms with van der Waals surface area (Å²) in [4.78, 5) is 15.3. The molecule has 3 heterocycles. The molecule has 0 amide bonds. The molecule has 1 unspecified atom stereocenters. The molecule has 39 heavy (non-hydrogen) atoms. The van der Waals surface area contributed by atoms with Crippen LogP contribution in [0.15, 0.2) is 77.3 Å². The van der Waals surface area contributed by atoms with Gasteiger partial charge in [-0.05, 0) is 55.2 Å². The van der Waals surface area contributed by atoms with E-state index in [1.807, 2.05) is 46.3 Å². The van der Waals surface area contributed by atoms with Gasteiger partial charge in [0.25, 0.3) is 0 Å². The van der Waals surface area contributed by atoms with Crippen molar-refractivity contribution in [1.82, 2.24) is 19.4 Å². The fraction of sp³-hybridized carbons (Fsp3) is 0.250. The molecule has 6 rings (SSSR count). The van der Waals surface area contributed by atoms with Crippen molar-refractivity contribution in [1.29, 1.82) is 0 Å². The van der Waals surface area contributed by atoms with E-state index in [2.05, 4.69) is 10.3 Å². The first-order valence-corrected chi connectivity index (χ1v) is 15.5. The maximum absolute atomic E-state index is 13.3. The fourth-order valence-corrected chi connectivity index (χ4v) is 7.82. The molecule has 1 aliphatic carbocycles. The van der Waals surface area contributed by atoms with Gasteiger partial charge in [0.15, 0.2) is 14.8 Å². The van der Waals surface area contributed by atoms with Gasteiger partial charge in [-0.3, -0.25) is 4.40 Å². The second-order valence-corrected chi connectivity index (χ2v) is 13.2. The van der Waals surface area contributed by atoms with Gasteiger partial charge in [-0.2, -0.15) is 0 Å². The molecule has 1 aliphatic rings. The number of sulfone groups is 1. The van der Waals surface area contributed by atoms with Crippen molar-refractivity contribution in [3.05, 3.63) is 83.0 Å². The standard InChI is InChI=1S/C28H26ClN5O3S2/c29-20-8-10-22(11-9-20)39(36,37)23-3-1-2-21(16-23)31-27-30-13-12-24(32-27)26-25(33-28-34(26)14-15-38-28)19-6-4-18(17-35)5-7-19/h4-15,21,23,35H,1-3,16-17H2,(H,30,31,32)/t21-,23?/m1/s1. The highest BCUT2D eigenvalue weighted by atomic mass is 35.5. The lowest BCUT2D eigenvalue weighted by molar-refractivity contribution is 0.282. The predicted molar refractivity (Wildman–Crippen MR) is 154 cm³/mol. The topological polar surface area (TPSA) is 109 Å². The van der Waals surface area contributed by atoms with Crippen LogP contribution in [-0.4, -0.2) is 44.2 Å². The zero-order chi connectivity index (χ0) is 27.0. The van der Waals surface area contributed by atoms with E-state index < -0.39 is 15.1 Å². The number of halogens is 1. The number of aliphatic hydroxyl groups is 1. The summed E-state index contributed by atoms with van der Waals surface area (Å²) in [5.41, 5.74) is 4.11. The van der Waals surface area contributed by atoms with E-state index in [1.54, 1.807) is 41.8 Å². The van der Waals surface area contributed by atoms with Gasteiger partial charge in [0.05, 0.1) is 28.1 Å². The van der Waals surface area contributed by atoms with Crippen LogP contribution >= 0.6 is 22.9 Å². The second kappa shape index (κ2) is 10.7. The number of thiazole rings is 1. The van der Waals surface area contributed by atoms with Crippen molar-refractivity contribution in [2.75, 3.05) is 5.32 Å². The number of hydrogen-bond donors (Lipinski definition) is 2. The van der Waals surface area contributed by atoms with Crippen molar-refractivity contribution >= 4 is 43.7 Å². The van der Waals surface area contributed by atoms with Crippen LogP contribution in [0.2, 0.25) is 5.02 Å². The molecule has 2 aromatic carbocycles. The summed E-state index contributed by atoms with van der Waals surface area (Å²) in [7, 11) is -3.47. The van der Waals surface area contributed by atoms with E-state index in [4.69, 9.17) is 21.6 Å². The molecule has 0 spiro atoms. The molecule has 2 N–H and O–H groups in total. The SMILES string of the molecule is O=S(=O)(c1ccc(Cl)cc1)C1CCC[C@@H](Nc2nccc(-c3c(-c4ccc(CO)cc4)nc4sccn34)n2)C1. The van der Waals surface area contributed by atoms with Gasteiger partial charge in [-0.25, -0.2) is 23.4 Å². The molecule has 5 aromatic rings. The first kappa shape index (κ1) is 25.9. The van der Waals surface area contributed by atoms with E-state index in [1.165, 1.54) is 0 Å². The van der Waals surface area contributed by atoms with Crippen molar-refractivity contribution in [2.24, 2.45) is 0 Å². The molecule has 0 saturated heterocycles. The summed E-state index contributed by atoms with van der Waals surface area (Å²) >= 11 is 7.50. The van der Waals surface area contributed by atoms with Crippen LogP contribution in [0.4, 0.5) is 5.95 Å². The lowest BCUT2D eigenvalue weighted by atomic mass is 9.95. The summed E-state index contributed by atoms with van der Waals surface area (Å²) in [6.07, 6.45) is 6.40. The summed E-state index contributed by atoms with van der Waals surface area (Å²) in [6, 6.07) is 15.8. The third-order valence-electron chi connectivity index (χ3n) is 7.11. The average Bonchev–Trinajstić information content (AvgIpc) is 3.55. The minimum atomic E-state index is -3.47. The lowest BCUT2D eigenvalue weighted by Crippen LogP contribution is -2.35. The van der Waals surface area contributed by atoms with Gasteiger partial charge in [-0.1, -0.05) is 42.3 Å². The molecule has 3 aromatic heterocycles. The maximum Gasteiger partial charge on any atom is 0.223 e. The van der Waals surface area contributed by atoms with Gasteiger partial charge in [-0.15, -0.1) is 11.3 Å². The highest BCUT2D eigenvalue weighted by Gasteiger charge is 2.33. The van der Waals surface area contributed by atoms with Crippen LogP contribution in [0.1, 0.15) is 31.2 Å². The molecular formula is C28H26ClN5O3S2. The number of aliphatic hydroxyl groups excluding tert-OH is 1. The largest absolute Gasteiger partial charge is 0.392 e. The highest BCUT2D eigenvalue weighted by Crippen LogP contribution is 2.35. The van der Waals surface area contributed by atoms with Crippen LogP contribution in [0.25, 0.3) is 27.6 Å². The molecular weight excluding hydrogens is 554 g/mol. The Morgan fingerprint density at radius 1 is 1.05 bits per heavy atom. The Hall–Kier alpha value is -3.31. The smallest absolute Gasteiger partial charge is 0.223 e. The molecule has 2 atom stereocenters. The van der Waals surface area contributed by atoms with Crippen molar-refractivity contribution in [3.63, 3.8) is 0 Å². The highest BCUT2D eigenvalue weighted by molar-refractivity contribution is 7.92. The Kier molecular flexibility index (Phi) is 7.11. The first-order chi connectivity index (χ1) is 18.9. The number of rotatable bonds is 7. The molecule has 0 bridgehead atoms. The van der Waals surface area contributed by atoms with Crippen LogP contribution in [0.3, 0.4) is 0 Å². The number of benzene rings is 2. The zero-order valence-corrected chi connectivity index (χ0v) is 23.3. The molecule has 0 radical (unpaired) electrons. The Balaban J connectivity index is 1.27. The molecule has 8 nitrogen and oxygen atoms in total. The zero-order valence-electron chi connectivity index (χ0n) is 20.9. The van der Waals surface area contributed by atoms with Gasteiger partial charge in [0, 0.05) is 34.4 Å². The molecule has 11 heteroatoms. The Morgan fingerprint density at radius 2 is 1.85 bits per heavy atom. The second-order valence-electron chi connectivity index (χ2n) is 9.61. The van der Waals surface area contributed by atoms with Gasteiger partial charge in [0.2, 0.25) is 5.95 Å².